The molecule has 0 amide bonds. The third-order valence-corrected chi connectivity index (χ3v) is 3.26. The first-order chi connectivity index (χ1) is 8.08. The highest BCUT2D eigenvalue weighted by Gasteiger charge is 2.43. The summed E-state index contributed by atoms with van der Waals surface area (Å²) in [7, 11) is 0. The van der Waals surface area contributed by atoms with E-state index in [1.54, 1.807) is 24.0 Å². The van der Waals surface area contributed by atoms with Crippen LogP contribution in [0.5, 0.6) is 0 Å². The number of carboxylic acids is 1. The lowest BCUT2D eigenvalue weighted by Gasteiger charge is -2.32. The van der Waals surface area contributed by atoms with E-state index in [2.05, 4.69) is 4.98 Å². The number of hydrogen-bond acceptors (Lipinski definition) is 4. The smallest absolute Gasteiger partial charge is 0.329 e. The van der Waals surface area contributed by atoms with Gasteiger partial charge in [-0.15, -0.1) is 0 Å². The molecule has 0 aliphatic carbocycles. The Morgan fingerprint density at radius 2 is 2.41 bits per heavy atom. The molecule has 0 aromatic carbocycles. The zero-order chi connectivity index (χ0) is 12.5. The van der Waals surface area contributed by atoms with Crippen LogP contribution in [0.4, 0.5) is 5.82 Å². The van der Waals surface area contributed by atoms with Gasteiger partial charge in [-0.2, -0.15) is 5.26 Å². The van der Waals surface area contributed by atoms with Crippen molar-refractivity contribution in [3.63, 3.8) is 0 Å². The van der Waals surface area contributed by atoms with Crippen molar-refractivity contribution in [2.45, 2.75) is 25.3 Å². The van der Waals surface area contributed by atoms with Crippen LogP contribution in [-0.4, -0.2) is 28.1 Å². The Morgan fingerprint density at radius 1 is 1.65 bits per heavy atom. The number of hydrogen-bond donors (Lipinski definition) is 1. The summed E-state index contributed by atoms with van der Waals surface area (Å²) in [6, 6.07) is 5.35. The normalized spacial score (nSPS) is 23.4. The largest absolute Gasteiger partial charge is 0.480 e. The Bertz CT molecular complexity index is 478. The summed E-state index contributed by atoms with van der Waals surface area (Å²) in [6.45, 7) is 2.39. The number of carbonyl (C=O) groups is 1. The van der Waals surface area contributed by atoms with Crippen molar-refractivity contribution >= 4 is 11.8 Å². The average molecular weight is 231 g/mol. The predicted molar refractivity (Wildman–Crippen MR) is 61.6 cm³/mol. The van der Waals surface area contributed by atoms with E-state index < -0.39 is 11.5 Å². The number of rotatable bonds is 2. The second-order valence-electron chi connectivity index (χ2n) is 4.35. The molecule has 0 spiro atoms. The minimum atomic E-state index is -0.888. The average Bonchev–Trinajstić information content (AvgIpc) is 2.73. The number of carboxylic acid groups (broad SMARTS) is 1. The van der Waals surface area contributed by atoms with Crippen LogP contribution in [0.2, 0.25) is 0 Å². The molecule has 1 fully saturated rings. The summed E-state index contributed by atoms with van der Waals surface area (Å²) in [6.07, 6.45) is 2.92. The van der Waals surface area contributed by atoms with Crippen LogP contribution < -0.4 is 4.90 Å². The van der Waals surface area contributed by atoms with Crippen LogP contribution >= 0.6 is 0 Å². The number of nitrogens with zero attached hydrogens (tertiary/aromatic N) is 3. The molecule has 1 aliphatic heterocycles. The van der Waals surface area contributed by atoms with Crippen molar-refractivity contribution in [1.82, 2.24) is 4.98 Å². The van der Waals surface area contributed by atoms with E-state index in [0.717, 1.165) is 6.42 Å². The van der Waals surface area contributed by atoms with Crippen LogP contribution in [0.1, 0.15) is 25.3 Å². The predicted octanol–water partition coefficient (Wildman–Crippen LogP) is 1.40. The third kappa shape index (κ3) is 1.82. The van der Waals surface area contributed by atoms with Gasteiger partial charge in [0.25, 0.3) is 0 Å². The first-order valence-corrected chi connectivity index (χ1v) is 5.45. The molecule has 5 heteroatoms. The van der Waals surface area contributed by atoms with Gasteiger partial charge in [0.05, 0.1) is 5.56 Å². The van der Waals surface area contributed by atoms with E-state index in [-0.39, 0.29) is 0 Å². The number of aliphatic carboxylic acids is 1. The third-order valence-electron chi connectivity index (χ3n) is 3.26. The van der Waals surface area contributed by atoms with E-state index in [1.807, 2.05) is 6.07 Å². The second-order valence-corrected chi connectivity index (χ2v) is 4.35. The Morgan fingerprint density at radius 3 is 2.94 bits per heavy atom. The molecule has 17 heavy (non-hydrogen) atoms. The highest BCUT2D eigenvalue weighted by Crippen LogP contribution is 2.32. The number of aromatic nitrogens is 1. The maximum Gasteiger partial charge on any atom is 0.329 e. The Balaban J connectivity index is 2.33. The molecule has 1 unspecified atom stereocenters. The van der Waals surface area contributed by atoms with E-state index in [9.17, 15) is 9.90 Å². The van der Waals surface area contributed by atoms with Crippen molar-refractivity contribution < 1.29 is 9.90 Å². The van der Waals surface area contributed by atoms with Gasteiger partial charge >= 0.3 is 5.97 Å². The Kier molecular flexibility index (Phi) is 2.72. The Hall–Kier alpha value is -2.09. The zero-order valence-corrected chi connectivity index (χ0v) is 9.55. The lowest BCUT2D eigenvalue weighted by atomic mass is 9.99. The van der Waals surface area contributed by atoms with Crippen molar-refractivity contribution in [2.24, 2.45) is 0 Å². The van der Waals surface area contributed by atoms with Crippen LogP contribution in [0, 0.1) is 11.3 Å². The van der Waals surface area contributed by atoms with Gasteiger partial charge in [0, 0.05) is 12.7 Å². The fourth-order valence-corrected chi connectivity index (χ4v) is 2.16. The van der Waals surface area contributed by atoms with E-state index in [4.69, 9.17) is 5.26 Å². The molecular formula is C12H13N3O2. The number of anilines is 1. The molecule has 1 saturated heterocycles. The van der Waals surface area contributed by atoms with Gasteiger partial charge in [-0.25, -0.2) is 9.78 Å². The van der Waals surface area contributed by atoms with E-state index in [0.29, 0.717) is 24.3 Å². The highest BCUT2D eigenvalue weighted by molar-refractivity contribution is 5.83. The molecule has 1 aromatic heterocycles. The number of pyridine rings is 1. The van der Waals surface area contributed by atoms with Gasteiger partial charge in [-0.1, -0.05) is 0 Å². The molecule has 0 saturated carbocycles. The van der Waals surface area contributed by atoms with Crippen LogP contribution in [0.15, 0.2) is 18.3 Å². The summed E-state index contributed by atoms with van der Waals surface area (Å²) in [4.78, 5) is 17.2. The zero-order valence-electron chi connectivity index (χ0n) is 9.55. The molecule has 1 N–H and O–H groups in total. The first kappa shape index (κ1) is 11.4. The molecule has 2 heterocycles. The molecule has 1 aliphatic rings. The summed E-state index contributed by atoms with van der Waals surface area (Å²) in [5, 5.41) is 18.0. The van der Waals surface area contributed by atoms with E-state index in [1.165, 1.54) is 6.20 Å². The maximum absolute atomic E-state index is 11.3. The molecule has 0 radical (unpaired) electrons. The second kappa shape index (κ2) is 4.06. The monoisotopic (exact) mass is 231 g/mol. The summed E-state index contributed by atoms with van der Waals surface area (Å²) < 4.78 is 0. The fraction of sp³-hybridized carbons (Fsp3) is 0.417. The maximum atomic E-state index is 11.3. The highest BCUT2D eigenvalue weighted by atomic mass is 16.4. The molecule has 1 atom stereocenters. The summed E-state index contributed by atoms with van der Waals surface area (Å²) in [5.74, 6) is -0.215. The van der Waals surface area contributed by atoms with Crippen molar-refractivity contribution in [2.75, 3.05) is 11.4 Å². The quantitative estimate of drug-likeness (QED) is 0.832. The fourth-order valence-electron chi connectivity index (χ4n) is 2.16. The summed E-state index contributed by atoms with van der Waals surface area (Å²) in [5.41, 5.74) is -0.411. The molecule has 5 nitrogen and oxygen atoms in total. The topological polar surface area (TPSA) is 77.2 Å². The van der Waals surface area contributed by atoms with Crippen molar-refractivity contribution in [3.05, 3.63) is 23.9 Å². The first-order valence-electron chi connectivity index (χ1n) is 5.45. The standard InChI is InChI=1S/C12H13N3O2/c1-12(11(16)17)5-2-6-15(12)10-4-3-9(7-13)8-14-10/h3-4,8H,2,5-6H2,1H3,(H,16,17). The Labute approximate surface area is 99.3 Å². The molecule has 2 rings (SSSR count). The van der Waals surface area contributed by atoms with Gasteiger partial charge in [-0.3, -0.25) is 0 Å². The van der Waals surface area contributed by atoms with Gasteiger partial charge < -0.3 is 10.0 Å². The van der Waals surface area contributed by atoms with Crippen LogP contribution in [0.25, 0.3) is 0 Å². The van der Waals surface area contributed by atoms with Gasteiger partial charge in [0.15, 0.2) is 0 Å². The number of nitriles is 1. The van der Waals surface area contributed by atoms with Crippen molar-refractivity contribution in [1.29, 1.82) is 5.26 Å². The lowest BCUT2D eigenvalue weighted by molar-refractivity contribution is -0.142. The molecule has 88 valence electrons. The minimum Gasteiger partial charge on any atom is -0.480 e. The summed E-state index contributed by atoms with van der Waals surface area (Å²) >= 11 is 0. The lowest BCUT2D eigenvalue weighted by Crippen LogP contribution is -2.48. The molecule has 1 aromatic rings. The van der Waals surface area contributed by atoms with Gasteiger partial charge in [-0.05, 0) is 31.9 Å². The van der Waals surface area contributed by atoms with Gasteiger partial charge in [0.2, 0.25) is 0 Å². The molecular weight excluding hydrogens is 218 g/mol. The SMILES string of the molecule is CC1(C(=O)O)CCCN1c1ccc(C#N)cn1. The minimum absolute atomic E-state index is 0.477. The van der Waals surface area contributed by atoms with Crippen molar-refractivity contribution in [3.8, 4) is 6.07 Å². The van der Waals surface area contributed by atoms with Crippen LogP contribution in [-0.2, 0) is 4.79 Å². The van der Waals surface area contributed by atoms with E-state index >= 15 is 0 Å². The van der Waals surface area contributed by atoms with Crippen LogP contribution in [0.3, 0.4) is 0 Å². The van der Waals surface area contributed by atoms with Gasteiger partial charge in [0.1, 0.15) is 17.4 Å². The molecule has 0 bridgehead atoms.